The van der Waals surface area contributed by atoms with Crippen LogP contribution in [0.4, 0.5) is 13.2 Å². The van der Waals surface area contributed by atoms with Crippen molar-refractivity contribution in [2.45, 2.75) is 31.6 Å². The molecular formula is C16H16F3NO2. The third-order valence-electron chi connectivity index (χ3n) is 3.93. The van der Waals surface area contributed by atoms with E-state index in [4.69, 9.17) is 4.42 Å². The largest absolute Gasteiger partial charge is 0.508 e. The summed E-state index contributed by atoms with van der Waals surface area (Å²) in [6.45, 7) is 1.14. The second-order valence-corrected chi connectivity index (χ2v) is 5.53. The first-order chi connectivity index (χ1) is 10.4. The summed E-state index contributed by atoms with van der Waals surface area (Å²) in [6, 6.07) is 6.99. The van der Waals surface area contributed by atoms with Crippen LogP contribution in [0.3, 0.4) is 0 Å². The molecule has 1 fully saturated rings. The number of aromatic hydroxyl groups is 1. The maximum absolute atomic E-state index is 12.8. The van der Waals surface area contributed by atoms with E-state index in [0.29, 0.717) is 12.1 Å². The molecule has 2 heterocycles. The van der Waals surface area contributed by atoms with Crippen molar-refractivity contribution in [1.29, 1.82) is 0 Å². The zero-order valence-corrected chi connectivity index (χ0v) is 11.8. The van der Waals surface area contributed by atoms with Crippen LogP contribution in [0.25, 0.3) is 0 Å². The SMILES string of the molecule is Oc1cc(CN2CCCC2c2ccco2)cc(C(F)(F)F)c1. The number of alkyl halides is 3. The molecule has 0 aliphatic carbocycles. The van der Waals surface area contributed by atoms with Gasteiger partial charge < -0.3 is 9.52 Å². The van der Waals surface area contributed by atoms with Crippen molar-refractivity contribution in [2.75, 3.05) is 6.54 Å². The van der Waals surface area contributed by atoms with Gasteiger partial charge in [0.25, 0.3) is 0 Å². The third-order valence-corrected chi connectivity index (χ3v) is 3.93. The second kappa shape index (κ2) is 5.68. The molecule has 1 saturated heterocycles. The number of likely N-dealkylation sites (tertiary alicyclic amines) is 1. The monoisotopic (exact) mass is 311 g/mol. The zero-order valence-electron chi connectivity index (χ0n) is 11.8. The molecule has 0 spiro atoms. The highest BCUT2D eigenvalue weighted by molar-refractivity contribution is 5.35. The lowest BCUT2D eigenvalue weighted by atomic mass is 10.1. The van der Waals surface area contributed by atoms with E-state index in [2.05, 4.69) is 4.90 Å². The van der Waals surface area contributed by atoms with E-state index in [1.54, 1.807) is 6.26 Å². The smallest absolute Gasteiger partial charge is 0.416 e. The van der Waals surface area contributed by atoms with Gasteiger partial charge in [-0.25, -0.2) is 0 Å². The Kier molecular flexibility index (Phi) is 3.87. The summed E-state index contributed by atoms with van der Waals surface area (Å²) in [7, 11) is 0. The van der Waals surface area contributed by atoms with Crippen molar-refractivity contribution >= 4 is 0 Å². The lowest BCUT2D eigenvalue weighted by Crippen LogP contribution is -2.22. The molecule has 1 aromatic heterocycles. The van der Waals surface area contributed by atoms with Gasteiger partial charge in [0, 0.05) is 6.54 Å². The molecule has 0 radical (unpaired) electrons. The summed E-state index contributed by atoms with van der Waals surface area (Å²) >= 11 is 0. The highest BCUT2D eigenvalue weighted by Crippen LogP contribution is 2.36. The number of phenols is 1. The Morgan fingerprint density at radius 3 is 2.77 bits per heavy atom. The summed E-state index contributed by atoms with van der Waals surface area (Å²) in [5, 5.41) is 9.54. The van der Waals surface area contributed by atoms with Gasteiger partial charge in [0.2, 0.25) is 0 Å². The third kappa shape index (κ3) is 3.11. The molecule has 1 unspecified atom stereocenters. The van der Waals surface area contributed by atoms with Crippen LogP contribution in [0.15, 0.2) is 41.0 Å². The molecule has 2 aromatic rings. The Balaban J connectivity index is 1.82. The normalized spacial score (nSPS) is 19.7. The molecule has 22 heavy (non-hydrogen) atoms. The maximum atomic E-state index is 12.8. The fraction of sp³-hybridized carbons (Fsp3) is 0.375. The summed E-state index contributed by atoms with van der Waals surface area (Å²) in [6.07, 6.45) is -0.977. The molecule has 1 aliphatic heterocycles. The minimum absolute atomic E-state index is 0.0756. The Labute approximate surface area is 126 Å². The lowest BCUT2D eigenvalue weighted by Gasteiger charge is -2.23. The van der Waals surface area contributed by atoms with Gasteiger partial charge in [-0.1, -0.05) is 0 Å². The number of nitrogens with zero attached hydrogens (tertiary/aromatic N) is 1. The van der Waals surface area contributed by atoms with Crippen molar-refractivity contribution < 1.29 is 22.7 Å². The molecular weight excluding hydrogens is 295 g/mol. The minimum atomic E-state index is -4.46. The molecule has 0 bridgehead atoms. The summed E-state index contributed by atoms with van der Waals surface area (Å²) in [4.78, 5) is 2.08. The number of hydrogen-bond acceptors (Lipinski definition) is 3. The van der Waals surface area contributed by atoms with E-state index in [1.807, 2.05) is 12.1 Å². The van der Waals surface area contributed by atoms with E-state index >= 15 is 0 Å². The van der Waals surface area contributed by atoms with Gasteiger partial charge in [0.1, 0.15) is 11.5 Å². The van der Waals surface area contributed by atoms with Crippen LogP contribution in [-0.4, -0.2) is 16.6 Å². The number of hydrogen-bond donors (Lipinski definition) is 1. The van der Waals surface area contributed by atoms with Crippen LogP contribution in [0, 0.1) is 0 Å². The quantitative estimate of drug-likeness (QED) is 0.916. The number of halogens is 3. The lowest BCUT2D eigenvalue weighted by molar-refractivity contribution is -0.137. The Morgan fingerprint density at radius 1 is 1.27 bits per heavy atom. The van der Waals surface area contributed by atoms with Crippen molar-refractivity contribution in [3.8, 4) is 5.75 Å². The minimum Gasteiger partial charge on any atom is -0.508 e. The first kappa shape index (κ1) is 15.0. The van der Waals surface area contributed by atoms with Crippen LogP contribution >= 0.6 is 0 Å². The van der Waals surface area contributed by atoms with Crippen LogP contribution in [-0.2, 0) is 12.7 Å². The van der Waals surface area contributed by atoms with Gasteiger partial charge in [0.15, 0.2) is 0 Å². The van der Waals surface area contributed by atoms with E-state index < -0.39 is 11.7 Å². The maximum Gasteiger partial charge on any atom is 0.416 e. The first-order valence-corrected chi connectivity index (χ1v) is 7.11. The van der Waals surface area contributed by atoms with E-state index in [-0.39, 0.29) is 11.8 Å². The van der Waals surface area contributed by atoms with Crippen LogP contribution in [0.2, 0.25) is 0 Å². The second-order valence-electron chi connectivity index (χ2n) is 5.53. The van der Waals surface area contributed by atoms with E-state index in [9.17, 15) is 18.3 Å². The van der Waals surface area contributed by atoms with Gasteiger partial charge in [0.05, 0.1) is 17.9 Å². The molecule has 3 nitrogen and oxygen atoms in total. The molecule has 0 amide bonds. The standard InChI is InChI=1S/C16H16F3NO2/c17-16(18,19)12-7-11(8-13(21)9-12)10-20-5-1-3-14(20)15-4-2-6-22-15/h2,4,6-9,14,21H,1,3,5,10H2. The zero-order chi connectivity index (χ0) is 15.7. The molecule has 1 N–H and O–H groups in total. The molecule has 1 aliphatic rings. The van der Waals surface area contributed by atoms with Crippen molar-refractivity contribution in [3.63, 3.8) is 0 Å². The summed E-state index contributed by atoms with van der Waals surface area (Å²) < 4.78 is 43.9. The Hall–Kier alpha value is -1.95. The van der Waals surface area contributed by atoms with Gasteiger partial charge in [-0.05, 0) is 55.3 Å². The van der Waals surface area contributed by atoms with Gasteiger partial charge in [-0.2, -0.15) is 13.2 Å². The predicted molar refractivity (Wildman–Crippen MR) is 74.2 cm³/mol. The Morgan fingerprint density at radius 2 is 2.09 bits per heavy atom. The number of furan rings is 1. The van der Waals surface area contributed by atoms with E-state index in [0.717, 1.165) is 37.3 Å². The van der Waals surface area contributed by atoms with Crippen LogP contribution in [0.5, 0.6) is 5.75 Å². The summed E-state index contributed by atoms with van der Waals surface area (Å²) in [5.74, 6) is 0.465. The predicted octanol–water partition coefficient (Wildman–Crippen LogP) is 4.34. The molecule has 118 valence electrons. The van der Waals surface area contributed by atoms with Crippen molar-refractivity contribution in [2.24, 2.45) is 0 Å². The Bertz CT molecular complexity index is 637. The van der Waals surface area contributed by atoms with Gasteiger partial charge in [-0.3, -0.25) is 4.90 Å². The fourth-order valence-corrected chi connectivity index (χ4v) is 2.98. The van der Waals surface area contributed by atoms with Crippen molar-refractivity contribution in [1.82, 2.24) is 4.90 Å². The fourth-order valence-electron chi connectivity index (χ4n) is 2.98. The summed E-state index contributed by atoms with van der Waals surface area (Å²) in [5.41, 5.74) is -0.373. The number of phenolic OH excluding ortho intramolecular Hbond substituents is 1. The first-order valence-electron chi connectivity index (χ1n) is 7.11. The van der Waals surface area contributed by atoms with E-state index in [1.165, 1.54) is 6.07 Å². The van der Waals surface area contributed by atoms with Gasteiger partial charge in [-0.15, -0.1) is 0 Å². The molecule has 1 atom stereocenters. The number of benzene rings is 1. The molecule has 3 rings (SSSR count). The number of rotatable bonds is 3. The topological polar surface area (TPSA) is 36.6 Å². The van der Waals surface area contributed by atoms with Crippen LogP contribution < -0.4 is 0 Å². The molecule has 1 aromatic carbocycles. The average molecular weight is 311 g/mol. The average Bonchev–Trinajstić information content (AvgIpc) is 3.07. The van der Waals surface area contributed by atoms with Crippen molar-refractivity contribution in [3.05, 3.63) is 53.5 Å². The van der Waals surface area contributed by atoms with Gasteiger partial charge >= 0.3 is 6.18 Å². The molecule has 6 heteroatoms. The van der Waals surface area contributed by atoms with Crippen LogP contribution in [0.1, 0.15) is 35.8 Å². The highest BCUT2D eigenvalue weighted by atomic mass is 19.4. The molecule has 0 saturated carbocycles. The highest BCUT2D eigenvalue weighted by Gasteiger charge is 2.32.